The molecule has 0 aromatic heterocycles. The van der Waals surface area contributed by atoms with E-state index in [1.807, 2.05) is 0 Å². The lowest BCUT2D eigenvalue weighted by Crippen LogP contribution is -2.27. The average molecular weight is 641 g/mol. The number of rotatable bonds is 38. The van der Waals surface area contributed by atoms with Crippen molar-refractivity contribution in [1.82, 2.24) is 11.0 Å². The summed E-state index contributed by atoms with van der Waals surface area (Å²) in [6.07, 6.45) is 44.9. The molecule has 272 valence electrons. The minimum atomic E-state index is -0.655. The smallest absolute Gasteiger partial charge is 0.303 e. The van der Waals surface area contributed by atoms with Gasteiger partial charge >= 0.3 is 5.97 Å². The predicted molar refractivity (Wildman–Crippen MR) is 199 cm³/mol. The highest BCUT2D eigenvalue weighted by Crippen LogP contribution is 2.13. The van der Waals surface area contributed by atoms with Gasteiger partial charge in [0.25, 0.3) is 0 Å². The number of carboxylic acid groups (broad SMARTS) is 1. The molecule has 45 heavy (non-hydrogen) atoms. The van der Waals surface area contributed by atoms with Crippen molar-refractivity contribution in [2.24, 2.45) is 0 Å². The van der Waals surface area contributed by atoms with Gasteiger partial charge in [-0.1, -0.05) is 213 Å². The van der Waals surface area contributed by atoms with Gasteiger partial charge in [0, 0.05) is 19.5 Å². The van der Waals surface area contributed by atoms with Crippen LogP contribution in [0.1, 0.15) is 239 Å². The van der Waals surface area contributed by atoms with Crippen LogP contribution in [0, 0.1) is 0 Å². The second-order valence-corrected chi connectivity index (χ2v) is 13.6. The number of nitrogens with one attached hydrogen (secondary N) is 2. The van der Waals surface area contributed by atoms with E-state index in [-0.39, 0.29) is 0 Å². The minimum Gasteiger partial charge on any atom is -0.481 e. The summed E-state index contributed by atoms with van der Waals surface area (Å²) in [5.74, 6) is -0.655. The lowest BCUT2D eigenvalue weighted by atomic mass is 10.0. The molecule has 0 aliphatic rings. The molecule has 0 bridgehead atoms. The van der Waals surface area contributed by atoms with Crippen LogP contribution >= 0.6 is 0 Å². The fourth-order valence-corrected chi connectivity index (χ4v) is 5.82. The van der Waals surface area contributed by atoms with Crippen LogP contribution in [-0.4, -0.2) is 24.2 Å². The van der Waals surface area contributed by atoms with Crippen molar-refractivity contribution in [2.45, 2.75) is 239 Å². The van der Waals surface area contributed by atoms with Gasteiger partial charge in [0.1, 0.15) is 0 Å². The third kappa shape index (κ3) is 50.4. The fraction of sp³-hybridized carbons (Fsp3) is 0.975. The first-order chi connectivity index (χ1) is 22.2. The topological polar surface area (TPSA) is 70.6 Å². The van der Waals surface area contributed by atoms with Crippen LogP contribution in [0.2, 0.25) is 0 Å². The number of unbranched alkanes of at least 4 members (excludes halogenated alkanes) is 30. The maximum Gasteiger partial charge on any atom is 0.303 e. The number of hydrogen-bond acceptors (Lipinski definition) is 4. The summed E-state index contributed by atoms with van der Waals surface area (Å²) in [4.78, 5) is 15.6. The molecule has 0 amide bonds. The molecule has 0 radical (unpaired) electrons. The van der Waals surface area contributed by atoms with Crippen molar-refractivity contribution in [3.8, 4) is 0 Å². The zero-order valence-corrected chi connectivity index (χ0v) is 31.2. The van der Waals surface area contributed by atoms with Gasteiger partial charge in [0.15, 0.2) is 0 Å². The molecule has 5 nitrogen and oxygen atoms in total. The van der Waals surface area contributed by atoms with Crippen molar-refractivity contribution < 1.29 is 14.8 Å². The predicted octanol–water partition coefficient (Wildman–Crippen LogP) is 13.4. The molecule has 0 rings (SSSR count). The van der Waals surface area contributed by atoms with Crippen LogP contribution in [0.5, 0.6) is 0 Å². The molecule has 0 spiro atoms. The highest BCUT2D eigenvalue weighted by Gasteiger charge is 1.98. The molecule has 3 N–H and O–H groups in total. The second kappa shape index (κ2) is 45.5. The van der Waals surface area contributed by atoms with Gasteiger partial charge in [-0.3, -0.25) is 4.79 Å². The normalized spacial score (nSPS) is 11.1. The van der Waals surface area contributed by atoms with E-state index in [1.54, 1.807) is 0 Å². The van der Waals surface area contributed by atoms with Crippen molar-refractivity contribution >= 4 is 5.97 Å². The van der Waals surface area contributed by atoms with E-state index in [0.29, 0.717) is 6.42 Å². The molecular weight excluding hydrogens is 556 g/mol. The molecule has 0 aromatic rings. The maximum absolute atomic E-state index is 10.3. The Hall–Kier alpha value is -0.650. The summed E-state index contributed by atoms with van der Waals surface area (Å²) in [5, 5.41) is 8.49. The summed E-state index contributed by atoms with van der Waals surface area (Å²) in [6.45, 7) is 8.75. The quantitative estimate of drug-likeness (QED) is 0.0462. The summed E-state index contributed by atoms with van der Waals surface area (Å²) in [5.41, 5.74) is 6.07. The van der Waals surface area contributed by atoms with Crippen LogP contribution in [0.3, 0.4) is 0 Å². The standard InChI is InChI=1S/C24H52N2O.C16H32O2/c1-3-5-7-9-11-13-15-17-19-21-23-25-27-26-24-22-20-18-16-14-12-10-8-6-4-2;1-2-3-4-5-6-7-8-9-10-11-12-13-14-15-16(17)18/h25-26H,3-24H2,1-2H3;2-15H2,1H3,(H,17,18). The summed E-state index contributed by atoms with van der Waals surface area (Å²) < 4.78 is 0. The monoisotopic (exact) mass is 641 g/mol. The Bertz CT molecular complexity index is 494. The van der Waals surface area contributed by atoms with E-state index in [1.165, 1.54) is 199 Å². The Kier molecular flexibility index (Phi) is 47.0. The number of carbonyl (C=O) groups is 1. The van der Waals surface area contributed by atoms with E-state index in [0.717, 1.165) is 25.9 Å². The average Bonchev–Trinajstić information content (AvgIpc) is 3.04. The molecule has 0 saturated heterocycles. The van der Waals surface area contributed by atoms with Crippen molar-refractivity contribution in [2.75, 3.05) is 13.1 Å². The highest BCUT2D eigenvalue weighted by atomic mass is 16.8. The number of aliphatic carboxylic acids is 1. The largest absolute Gasteiger partial charge is 0.481 e. The van der Waals surface area contributed by atoms with Crippen molar-refractivity contribution in [3.05, 3.63) is 0 Å². The second-order valence-electron chi connectivity index (χ2n) is 13.6. The summed E-state index contributed by atoms with van der Waals surface area (Å²) in [6, 6.07) is 0. The first-order valence-corrected chi connectivity index (χ1v) is 20.5. The molecule has 0 aliphatic carbocycles. The summed E-state index contributed by atoms with van der Waals surface area (Å²) in [7, 11) is 0. The Balaban J connectivity index is 0. The molecular formula is C40H84N2O3. The van der Waals surface area contributed by atoms with Crippen LogP contribution < -0.4 is 11.0 Å². The van der Waals surface area contributed by atoms with E-state index >= 15 is 0 Å². The number of hydroxylamine groups is 2. The minimum absolute atomic E-state index is 0.345. The SMILES string of the molecule is CCCCCCCCCCCCCCCC(=O)O.CCCCCCCCCCCCNONCCCCCCCCCCCC. The van der Waals surface area contributed by atoms with Gasteiger partial charge in [-0.05, 0) is 19.3 Å². The van der Waals surface area contributed by atoms with Gasteiger partial charge < -0.3 is 5.11 Å². The molecule has 0 unspecified atom stereocenters. The molecule has 0 heterocycles. The van der Waals surface area contributed by atoms with E-state index in [4.69, 9.17) is 10.0 Å². The number of carboxylic acids is 1. The highest BCUT2D eigenvalue weighted by molar-refractivity contribution is 5.66. The van der Waals surface area contributed by atoms with Gasteiger partial charge in [0.2, 0.25) is 0 Å². The van der Waals surface area contributed by atoms with Crippen molar-refractivity contribution in [3.63, 3.8) is 0 Å². The Morgan fingerprint density at radius 3 is 0.844 bits per heavy atom. The Morgan fingerprint density at radius 2 is 0.600 bits per heavy atom. The van der Waals surface area contributed by atoms with E-state index < -0.39 is 5.97 Å². The summed E-state index contributed by atoms with van der Waals surface area (Å²) >= 11 is 0. The molecule has 0 fully saturated rings. The molecule has 0 aliphatic heterocycles. The molecule has 0 aromatic carbocycles. The Labute approximate surface area is 283 Å². The first-order valence-electron chi connectivity index (χ1n) is 20.5. The van der Waals surface area contributed by atoms with Crippen LogP contribution in [0.15, 0.2) is 0 Å². The van der Waals surface area contributed by atoms with E-state index in [9.17, 15) is 4.79 Å². The third-order valence-corrected chi connectivity index (χ3v) is 8.90. The van der Waals surface area contributed by atoms with Gasteiger partial charge in [-0.25, -0.2) is 4.94 Å². The third-order valence-electron chi connectivity index (χ3n) is 8.90. The zero-order valence-electron chi connectivity index (χ0n) is 31.2. The molecule has 0 atom stereocenters. The fourth-order valence-electron chi connectivity index (χ4n) is 5.82. The van der Waals surface area contributed by atoms with Crippen LogP contribution in [0.25, 0.3) is 0 Å². The van der Waals surface area contributed by atoms with Gasteiger partial charge in [0.05, 0.1) is 0 Å². The Morgan fingerprint density at radius 1 is 0.378 bits per heavy atom. The lowest BCUT2D eigenvalue weighted by molar-refractivity contribution is -0.137. The van der Waals surface area contributed by atoms with E-state index in [2.05, 4.69) is 31.7 Å². The molecule has 0 saturated carbocycles. The first kappa shape index (κ1) is 46.5. The number of hydrogen-bond donors (Lipinski definition) is 3. The zero-order chi connectivity index (χ0) is 33.2. The van der Waals surface area contributed by atoms with Crippen LogP contribution in [-0.2, 0) is 9.73 Å². The van der Waals surface area contributed by atoms with Gasteiger partial charge in [-0.15, -0.1) is 0 Å². The van der Waals surface area contributed by atoms with Gasteiger partial charge in [-0.2, -0.15) is 11.0 Å². The van der Waals surface area contributed by atoms with Crippen molar-refractivity contribution in [1.29, 1.82) is 0 Å². The maximum atomic E-state index is 10.3. The lowest BCUT2D eigenvalue weighted by Gasteiger charge is -2.07. The van der Waals surface area contributed by atoms with Crippen LogP contribution in [0.4, 0.5) is 0 Å². The molecule has 5 heteroatoms.